The average molecular weight is 364 g/mol. The molecule has 3 heterocycles. The molecule has 7 nitrogen and oxygen atoms in total. The first-order valence-electron chi connectivity index (χ1n) is 8.70. The van der Waals surface area contributed by atoms with Gasteiger partial charge in [-0.05, 0) is 24.8 Å². The molecule has 25 heavy (non-hydrogen) atoms. The number of carbonyl (C=O) groups is 1. The molecule has 0 bridgehead atoms. The van der Waals surface area contributed by atoms with E-state index >= 15 is 0 Å². The SMILES string of the molecule is CCOCCCC(=O)N1CCN(Cc2nc(-c3cccs3)no2)CC1. The number of thiophene rings is 1. The summed E-state index contributed by atoms with van der Waals surface area (Å²) in [7, 11) is 0. The van der Waals surface area contributed by atoms with Gasteiger partial charge in [0.1, 0.15) is 0 Å². The van der Waals surface area contributed by atoms with Crippen molar-refractivity contribution in [1.29, 1.82) is 0 Å². The van der Waals surface area contributed by atoms with Gasteiger partial charge >= 0.3 is 0 Å². The monoisotopic (exact) mass is 364 g/mol. The van der Waals surface area contributed by atoms with E-state index in [4.69, 9.17) is 9.26 Å². The zero-order chi connectivity index (χ0) is 17.5. The van der Waals surface area contributed by atoms with E-state index in [1.165, 1.54) is 0 Å². The van der Waals surface area contributed by atoms with Gasteiger partial charge in [-0.3, -0.25) is 9.69 Å². The molecular weight excluding hydrogens is 340 g/mol. The average Bonchev–Trinajstić information content (AvgIpc) is 3.30. The van der Waals surface area contributed by atoms with Gasteiger partial charge in [0, 0.05) is 45.8 Å². The number of aromatic nitrogens is 2. The lowest BCUT2D eigenvalue weighted by Gasteiger charge is -2.34. The Bertz CT molecular complexity index is 651. The molecule has 1 aliphatic heterocycles. The normalized spacial score (nSPS) is 15.6. The van der Waals surface area contributed by atoms with Gasteiger partial charge in [-0.1, -0.05) is 11.2 Å². The van der Waals surface area contributed by atoms with Crippen LogP contribution in [0, 0.1) is 0 Å². The Morgan fingerprint density at radius 2 is 2.20 bits per heavy atom. The molecule has 0 N–H and O–H groups in total. The van der Waals surface area contributed by atoms with E-state index in [9.17, 15) is 4.79 Å². The van der Waals surface area contributed by atoms with E-state index in [0.29, 0.717) is 37.9 Å². The van der Waals surface area contributed by atoms with Crippen LogP contribution in [0.15, 0.2) is 22.0 Å². The predicted molar refractivity (Wildman–Crippen MR) is 95.2 cm³/mol. The molecule has 1 aliphatic rings. The van der Waals surface area contributed by atoms with Crippen molar-refractivity contribution < 1.29 is 14.1 Å². The summed E-state index contributed by atoms with van der Waals surface area (Å²) in [6.45, 7) is 7.11. The summed E-state index contributed by atoms with van der Waals surface area (Å²) in [4.78, 5) is 21.8. The van der Waals surface area contributed by atoms with Gasteiger partial charge in [-0.2, -0.15) is 4.98 Å². The fourth-order valence-electron chi connectivity index (χ4n) is 2.80. The summed E-state index contributed by atoms with van der Waals surface area (Å²) in [5.74, 6) is 1.49. The maximum atomic E-state index is 12.2. The minimum absolute atomic E-state index is 0.220. The summed E-state index contributed by atoms with van der Waals surface area (Å²) >= 11 is 1.60. The van der Waals surface area contributed by atoms with E-state index in [2.05, 4.69) is 15.0 Å². The van der Waals surface area contributed by atoms with Crippen LogP contribution in [-0.4, -0.2) is 65.2 Å². The Morgan fingerprint density at radius 3 is 2.92 bits per heavy atom. The Labute approximate surface area is 151 Å². The van der Waals surface area contributed by atoms with Gasteiger partial charge in [0.15, 0.2) is 0 Å². The molecular formula is C17H24N4O3S. The van der Waals surface area contributed by atoms with Crippen molar-refractivity contribution in [1.82, 2.24) is 19.9 Å². The lowest BCUT2D eigenvalue weighted by molar-refractivity contribution is -0.133. The van der Waals surface area contributed by atoms with Crippen LogP contribution in [0.2, 0.25) is 0 Å². The van der Waals surface area contributed by atoms with Gasteiger partial charge in [0.25, 0.3) is 0 Å². The summed E-state index contributed by atoms with van der Waals surface area (Å²) in [6.07, 6.45) is 1.36. The molecule has 0 unspecified atom stereocenters. The zero-order valence-corrected chi connectivity index (χ0v) is 15.3. The van der Waals surface area contributed by atoms with E-state index in [0.717, 1.165) is 37.5 Å². The van der Waals surface area contributed by atoms with E-state index < -0.39 is 0 Å². The fourth-order valence-corrected chi connectivity index (χ4v) is 3.45. The van der Waals surface area contributed by atoms with Crippen LogP contribution >= 0.6 is 11.3 Å². The quantitative estimate of drug-likeness (QED) is 0.669. The summed E-state index contributed by atoms with van der Waals surface area (Å²) in [5, 5.41) is 6.03. The standard InChI is InChI=1S/C17H24N4O3S/c1-2-23-11-3-6-16(22)21-9-7-20(8-10-21)13-15-18-17(19-24-15)14-5-4-12-25-14/h4-5,12H,2-3,6-11,13H2,1H3. The van der Waals surface area contributed by atoms with Crippen molar-refractivity contribution >= 4 is 17.2 Å². The minimum atomic E-state index is 0.220. The Kier molecular flexibility index (Phi) is 6.55. The highest BCUT2D eigenvalue weighted by Gasteiger charge is 2.22. The first-order valence-corrected chi connectivity index (χ1v) is 9.58. The number of piperazine rings is 1. The van der Waals surface area contributed by atoms with E-state index in [1.54, 1.807) is 11.3 Å². The number of rotatable bonds is 8. The molecule has 2 aromatic rings. The van der Waals surface area contributed by atoms with E-state index in [-0.39, 0.29) is 5.91 Å². The highest BCUT2D eigenvalue weighted by molar-refractivity contribution is 7.13. The van der Waals surface area contributed by atoms with Crippen molar-refractivity contribution in [2.45, 2.75) is 26.3 Å². The molecule has 3 rings (SSSR count). The maximum absolute atomic E-state index is 12.2. The molecule has 136 valence electrons. The highest BCUT2D eigenvalue weighted by Crippen LogP contribution is 2.21. The summed E-state index contributed by atoms with van der Waals surface area (Å²) in [5.41, 5.74) is 0. The van der Waals surface area contributed by atoms with Crippen molar-refractivity contribution in [3.8, 4) is 10.7 Å². The van der Waals surface area contributed by atoms with Crippen LogP contribution in [0.25, 0.3) is 10.7 Å². The van der Waals surface area contributed by atoms with Crippen molar-refractivity contribution in [2.24, 2.45) is 0 Å². The van der Waals surface area contributed by atoms with Gasteiger partial charge < -0.3 is 14.2 Å². The molecule has 0 spiro atoms. The van der Waals surface area contributed by atoms with Crippen LogP contribution in [-0.2, 0) is 16.1 Å². The van der Waals surface area contributed by atoms with Crippen molar-refractivity contribution in [3.63, 3.8) is 0 Å². The molecule has 2 aromatic heterocycles. The first kappa shape index (κ1) is 18.0. The number of nitrogens with zero attached hydrogens (tertiary/aromatic N) is 4. The third kappa shape index (κ3) is 5.10. The number of ether oxygens (including phenoxy) is 1. The Balaban J connectivity index is 1.41. The summed E-state index contributed by atoms with van der Waals surface area (Å²) in [6, 6.07) is 3.95. The van der Waals surface area contributed by atoms with Gasteiger partial charge in [0.2, 0.25) is 17.6 Å². The molecule has 8 heteroatoms. The first-order chi connectivity index (χ1) is 12.3. The van der Waals surface area contributed by atoms with E-state index in [1.807, 2.05) is 29.3 Å². The lowest BCUT2D eigenvalue weighted by atomic mass is 10.2. The molecule has 0 aromatic carbocycles. The largest absolute Gasteiger partial charge is 0.382 e. The lowest BCUT2D eigenvalue weighted by Crippen LogP contribution is -2.48. The smallest absolute Gasteiger partial charge is 0.241 e. The molecule has 0 saturated carbocycles. The number of amides is 1. The molecule has 1 saturated heterocycles. The molecule has 0 atom stereocenters. The highest BCUT2D eigenvalue weighted by atomic mass is 32.1. The summed E-state index contributed by atoms with van der Waals surface area (Å²) < 4.78 is 10.6. The zero-order valence-electron chi connectivity index (χ0n) is 14.5. The number of carbonyl (C=O) groups excluding carboxylic acids is 1. The van der Waals surface area contributed by atoms with Crippen LogP contribution in [0.5, 0.6) is 0 Å². The molecule has 0 radical (unpaired) electrons. The van der Waals surface area contributed by atoms with Crippen LogP contribution in [0.1, 0.15) is 25.7 Å². The van der Waals surface area contributed by atoms with Crippen molar-refractivity contribution in [3.05, 3.63) is 23.4 Å². The third-order valence-corrected chi connectivity index (χ3v) is 5.04. The maximum Gasteiger partial charge on any atom is 0.241 e. The predicted octanol–water partition coefficient (Wildman–Crippen LogP) is 2.26. The van der Waals surface area contributed by atoms with Crippen molar-refractivity contribution in [2.75, 3.05) is 39.4 Å². The van der Waals surface area contributed by atoms with Crippen LogP contribution < -0.4 is 0 Å². The minimum Gasteiger partial charge on any atom is -0.382 e. The van der Waals surface area contributed by atoms with Gasteiger partial charge in [-0.15, -0.1) is 11.3 Å². The number of hydrogen-bond acceptors (Lipinski definition) is 7. The molecule has 1 amide bonds. The Hall–Kier alpha value is -1.77. The second-order valence-corrected chi connectivity index (χ2v) is 6.89. The second kappa shape index (κ2) is 9.07. The van der Waals surface area contributed by atoms with Gasteiger partial charge in [0.05, 0.1) is 11.4 Å². The topological polar surface area (TPSA) is 71.7 Å². The van der Waals surface area contributed by atoms with Crippen LogP contribution in [0.3, 0.4) is 0 Å². The fraction of sp³-hybridized carbons (Fsp3) is 0.588. The number of hydrogen-bond donors (Lipinski definition) is 0. The second-order valence-electron chi connectivity index (χ2n) is 5.95. The molecule has 1 fully saturated rings. The molecule has 0 aliphatic carbocycles. The van der Waals surface area contributed by atoms with Gasteiger partial charge in [-0.25, -0.2) is 0 Å². The Morgan fingerprint density at radius 1 is 1.36 bits per heavy atom. The van der Waals surface area contributed by atoms with Crippen LogP contribution in [0.4, 0.5) is 0 Å². The third-order valence-electron chi connectivity index (χ3n) is 4.18.